The second kappa shape index (κ2) is 6.89. The summed E-state index contributed by atoms with van der Waals surface area (Å²) in [5, 5.41) is 4.22. The molecule has 2 N–H and O–H groups in total. The molecule has 1 aromatic carbocycles. The van der Waals surface area contributed by atoms with Gasteiger partial charge in [0, 0.05) is 5.54 Å². The van der Waals surface area contributed by atoms with E-state index >= 15 is 0 Å². The molecule has 22 heavy (non-hydrogen) atoms. The molecule has 0 fully saturated rings. The Morgan fingerprint density at radius 3 is 2.00 bits per heavy atom. The Balaban J connectivity index is 3.14. The van der Waals surface area contributed by atoms with Crippen molar-refractivity contribution in [2.24, 2.45) is 0 Å². The maximum atomic E-state index is 12.5. The van der Waals surface area contributed by atoms with Crippen molar-refractivity contribution < 1.29 is 13.2 Å². The lowest BCUT2D eigenvalue weighted by Crippen LogP contribution is -2.47. The first-order chi connectivity index (χ1) is 9.93. The number of hydrogen-bond acceptors (Lipinski definition) is 3. The fourth-order valence-electron chi connectivity index (χ4n) is 1.53. The van der Waals surface area contributed by atoms with E-state index in [9.17, 15) is 13.2 Å². The minimum atomic E-state index is -4.02. The van der Waals surface area contributed by atoms with Gasteiger partial charge in [0.1, 0.15) is 4.49 Å². The minimum Gasteiger partial charge on any atom is -0.333 e. The van der Waals surface area contributed by atoms with Crippen molar-refractivity contribution in [3.05, 3.63) is 39.3 Å². The van der Waals surface area contributed by atoms with Crippen LogP contribution < -0.4 is 10.6 Å². The summed E-state index contributed by atoms with van der Waals surface area (Å²) in [7, 11) is -4.02. The number of sulfone groups is 1. The van der Waals surface area contributed by atoms with E-state index in [1.54, 1.807) is 32.9 Å². The molecule has 122 valence electrons. The second-order valence-corrected chi connectivity index (χ2v) is 8.57. The third-order valence-corrected chi connectivity index (χ3v) is 4.83. The molecule has 0 aliphatic heterocycles. The van der Waals surface area contributed by atoms with Gasteiger partial charge < -0.3 is 5.32 Å². The Hall–Kier alpha value is -1.24. The molecule has 5 nitrogen and oxygen atoms in total. The van der Waals surface area contributed by atoms with E-state index in [0.29, 0.717) is 0 Å². The quantitative estimate of drug-likeness (QED) is 0.861. The van der Waals surface area contributed by atoms with E-state index in [-0.39, 0.29) is 4.90 Å². The van der Waals surface area contributed by atoms with Gasteiger partial charge in [-0.2, -0.15) is 0 Å². The highest BCUT2D eigenvalue weighted by Gasteiger charge is 2.26. The fourth-order valence-corrected chi connectivity index (χ4v) is 3.39. The van der Waals surface area contributed by atoms with Gasteiger partial charge >= 0.3 is 6.03 Å². The Morgan fingerprint density at radius 2 is 1.59 bits per heavy atom. The van der Waals surface area contributed by atoms with Crippen LogP contribution in [-0.4, -0.2) is 20.0 Å². The van der Waals surface area contributed by atoms with E-state index in [0.717, 1.165) is 5.56 Å². The average molecular weight is 365 g/mol. The van der Waals surface area contributed by atoms with Crippen molar-refractivity contribution in [3.63, 3.8) is 0 Å². The number of aryl methyl sites for hydroxylation is 1. The molecule has 0 bridgehead atoms. The van der Waals surface area contributed by atoms with Crippen LogP contribution in [0.2, 0.25) is 0 Å². The maximum Gasteiger partial charge on any atom is 0.320 e. The van der Waals surface area contributed by atoms with Crippen molar-refractivity contribution in [2.75, 3.05) is 0 Å². The molecule has 0 spiro atoms. The molecule has 0 heterocycles. The fraction of sp³-hybridized carbons (Fsp3) is 0.357. The Kier molecular flexibility index (Phi) is 5.89. The molecule has 8 heteroatoms. The standard InChI is InChI=1S/C14H18Cl2N2O3S/c1-9-5-7-10(8-6-9)22(20,21)12(11(15)16)17-13(19)18-14(2,3)4/h5-8H,1-4H3,(H2,17,18,19). The van der Waals surface area contributed by atoms with Crippen LogP contribution in [0.3, 0.4) is 0 Å². The molecule has 0 atom stereocenters. The summed E-state index contributed by atoms with van der Waals surface area (Å²) >= 11 is 11.3. The predicted octanol–water partition coefficient (Wildman–Crippen LogP) is 3.47. The molecule has 0 aliphatic carbocycles. The SMILES string of the molecule is Cc1ccc(S(=O)(=O)C(NC(=O)NC(C)(C)C)=C(Cl)Cl)cc1. The van der Waals surface area contributed by atoms with Crippen LogP contribution >= 0.6 is 23.2 Å². The molecule has 0 saturated heterocycles. The molecule has 0 aliphatic rings. The molecule has 1 aromatic rings. The van der Waals surface area contributed by atoms with Crippen molar-refractivity contribution in [2.45, 2.75) is 38.1 Å². The van der Waals surface area contributed by atoms with E-state index in [4.69, 9.17) is 23.2 Å². The second-order valence-electron chi connectivity index (χ2n) is 5.74. The third kappa shape index (κ3) is 5.19. The number of halogens is 2. The summed E-state index contributed by atoms with van der Waals surface area (Å²) in [5.74, 6) is 0. The molecular formula is C14H18Cl2N2O3S. The lowest BCUT2D eigenvalue weighted by molar-refractivity contribution is 0.235. The summed E-state index contributed by atoms with van der Waals surface area (Å²) in [6.07, 6.45) is 0. The number of benzene rings is 1. The van der Waals surface area contributed by atoms with Gasteiger partial charge in [-0.3, -0.25) is 5.32 Å². The first-order valence-corrected chi connectivity index (χ1v) is 8.63. The summed E-state index contributed by atoms with van der Waals surface area (Å²) in [6.45, 7) is 7.10. The summed E-state index contributed by atoms with van der Waals surface area (Å²) in [6, 6.07) is 5.41. The van der Waals surface area contributed by atoms with Gasteiger partial charge in [0.15, 0.2) is 5.03 Å². The van der Waals surface area contributed by atoms with Gasteiger partial charge in [-0.05, 0) is 39.8 Å². The number of hydrogen-bond donors (Lipinski definition) is 2. The molecule has 0 unspecified atom stereocenters. The number of amides is 2. The van der Waals surface area contributed by atoms with E-state index in [1.807, 2.05) is 6.92 Å². The van der Waals surface area contributed by atoms with Gasteiger partial charge in [0.25, 0.3) is 0 Å². The number of carbonyl (C=O) groups is 1. The van der Waals surface area contributed by atoms with Crippen LogP contribution in [0.1, 0.15) is 26.3 Å². The first-order valence-electron chi connectivity index (χ1n) is 6.40. The van der Waals surface area contributed by atoms with Gasteiger partial charge in [0.05, 0.1) is 4.90 Å². The van der Waals surface area contributed by atoms with Crippen molar-refractivity contribution >= 4 is 39.1 Å². The zero-order chi connectivity index (χ0) is 17.1. The highest BCUT2D eigenvalue weighted by atomic mass is 35.5. The summed E-state index contributed by atoms with van der Waals surface area (Å²) < 4.78 is 24.5. The van der Waals surface area contributed by atoms with Crippen molar-refractivity contribution in [1.82, 2.24) is 10.6 Å². The average Bonchev–Trinajstić information content (AvgIpc) is 2.33. The van der Waals surface area contributed by atoms with Gasteiger partial charge in [0.2, 0.25) is 9.84 Å². The van der Waals surface area contributed by atoms with Crippen LogP contribution in [0.4, 0.5) is 4.79 Å². The highest BCUT2D eigenvalue weighted by Crippen LogP contribution is 2.24. The monoisotopic (exact) mass is 364 g/mol. The smallest absolute Gasteiger partial charge is 0.320 e. The Labute approximate surface area is 140 Å². The number of rotatable bonds is 3. The van der Waals surface area contributed by atoms with Crippen LogP contribution in [0, 0.1) is 6.92 Å². The van der Waals surface area contributed by atoms with Crippen LogP contribution in [0.25, 0.3) is 0 Å². The van der Waals surface area contributed by atoms with E-state index in [2.05, 4.69) is 10.6 Å². The topological polar surface area (TPSA) is 75.3 Å². The zero-order valence-corrected chi connectivity index (χ0v) is 15.0. The zero-order valence-electron chi connectivity index (χ0n) is 12.7. The lowest BCUT2D eigenvalue weighted by atomic mass is 10.1. The molecule has 0 radical (unpaired) electrons. The minimum absolute atomic E-state index is 0.0111. The van der Waals surface area contributed by atoms with Crippen molar-refractivity contribution in [1.29, 1.82) is 0 Å². The van der Waals surface area contributed by atoms with E-state index in [1.165, 1.54) is 12.1 Å². The summed E-state index contributed by atoms with van der Waals surface area (Å²) in [5.41, 5.74) is 0.363. The van der Waals surface area contributed by atoms with Gasteiger partial charge in [-0.1, -0.05) is 40.9 Å². The first kappa shape index (κ1) is 18.8. The summed E-state index contributed by atoms with van der Waals surface area (Å²) in [4.78, 5) is 11.9. The number of carbonyl (C=O) groups excluding carboxylic acids is 1. The van der Waals surface area contributed by atoms with Crippen molar-refractivity contribution in [3.8, 4) is 0 Å². The normalized spacial score (nSPS) is 11.7. The van der Waals surface area contributed by atoms with E-state index < -0.39 is 30.9 Å². The Bertz CT molecular complexity index is 686. The number of urea groups is 1. The molecular weight excluding hydrogens is 347 g/mol. The highest BCUT2D eigenvalue weighted by molar-refractivity contribution is 7.95. The van der Waals surface area contributed by atoms with Crippen LogP contribution in [-0.2, 0) is 9.84 Å². The van der Waals surface area contributed by atoms with Crippen LogP contribution in [0.15, 0.2) is 38.7 Å². The predicted molar refractivity (Wildman–Crippen MR) is 88.5 cm³/mol. The number of nitrogens with one attached hydrogen (secondary N) is 2. The molecule has 0 saturated carbocycles. The molecule has 0 aromatic heterocycles. The third-order valence-electron chi connectivity index (χ3n) is 2.49. The molecule has 1 rings (SSSR count). The van der Waals surface area contributed by atoms with Gasteiger partial charge in [-0.25, -0.2) is 13.2 Å². The van der Waals surface area contributed by atoms with Gasteiger partial charge in [-0.15, -0.1) is 0 Å². The maximum absolute atomic E-state index is 12.5. The lowest BCUT2D eigenvalue weighted by Gasteiger charge is -2.21. The Morgan fingerprint density at radius 1 is 1.09 bits per heavy atom. The molecule has 2 amide bonds. The van der Waals surface area contributed by atoms with Crippen LogP contribution in [0.5, 0.6) is 0 Å². The largest absolute Gasteiger partial charge is 0.333 e.